The van der Waals surface area contributed by atoms with Crippen molar-refractivity contribution in [1.29, 1.82) is 0 Å². The van der Waals surface area contributed by atoms with Gasteiger partial charge < -0.3 is 10.1 Å². The van der Waals surface area contributed by atoms with Crippen LogP contribution in [0.25, 0.3) is 0 Å². The van der Waals surface area contributed by atoms with Crippen molar-refractivity contribution < 1.29 is 13.2 Å². The molecule has 2 rings (SSSR count). The second-order valence-corrected chi connectivity index (χ2v) is 7.57. The van der Waals surface area contributed by atoms with E-state index in [9.17, 15) is 8.42 Å². The standard InChI is InChI=1S/C13H18ClNO3S/c1-18-12-8-9(6-7-10(12)14)15-11-4-3-5-13(11)19(2,16)17/h6-8,11,13,15H,3-5H2,1-2H3. The average molecular weight is 304 g/mol. The quantitative estimate of drug-likeness (QED) is 0.929. The van der Waals surface area contributed by atoms with Gasteiger partial charge >= 0.3 is 0 Å². The number of rotatable bonds is 4. The first kappa shape index (κ1) is 14.5. The Labute approximate surface area is 119 Å². The fraction of sp³-hybridized carbons (Fsp3) is 0.538. The highest BCUT2D eigenvalue weighted by atomic mass is 35.5. The third kappa shape index (κ3) is 3.34. The highest BCUT2D eigenvalue weighted by Gasteiger charge is 2.34. The van der Waals surface area contributed by atoms with Crippen LogP contribution in [0.5, 0.6) is 5.75 Å². The summed E-state index contributed by atoms with van der Waals surface area (Å²) in [5, 5.41) is 3.51. The van der Waals surface area contributed by atoms with Gasteiger partial charge in [-0.15, -0.1) is 0 Å². The van der Waals surface area contributed by atoms with Gasteiger partial charge in [0.2, 0.25) is 0 Å². The van der Waals surface area contributed by atoms with Gasteiger partial charge in [-0.2, -0.15) is 0 Å². The normalized spacial score (nSPS) is 23.3. The lowest BCUT2D eigenvalue weighted by Crippen LogP contribution is -2.34. The first-order valence-corrected chi connectivity index (χ1v) is 8.54. The van der Waals surface area contributed by atoms with Crippen molar-refractivity contribution in [1.82, 2.24) is 0 Å². The van der Waals surface area contributed by atoms with Gasteiger partial charge in [-0.25, -0.2) is 8.42 Å². The van der Waals surface area contributed by atoms with Crippen LogP contribution in [0, 0.1) is 0 Å². The fourth-order valence-corrected chi connectivity index (χ4v) is 4.16. The number of sulfone groups is 1. The Hall–Kier alpha value is -0.940. The highest BCUT2D eigenvalue weighted by Crippen LogP contribution is 2.31. The van der Waals surface area contributed by atoms with Crippen LogP contribution in [0.4, 0.5) is 5.69 Å². The number of halogens is 1. The van der Waals surface area contributed by atoms with Gasteiger partial charge in [0.25, 0.3) is 0 Å². The summed E-state index contributed by atoms with van der Waals surface area (Å²) >= 11 is 5.97. The van der Waals surface area contributed by atoms with Crippen molar-refractivity contribution in [2.24, 2.45) is 0 Å². The number of benzene rings is 1. The van der Waals surface area contributed by atoms with E-state index in [-0.39, 0.29) is 11.3 Å². The van der Waals surface area contributed by atoms with E-state index in [0.29, 0.717) is 10.8 Å². The molecule has 0 radical (unpaired) electrons. The number of methoxy groups -OCH3 is 1. The Balaban J connectivity index is 2.17. The van der Waals surface area contributed by atoms with Gasteiger partial charge in [-0.05, 0) is 31.4 Å². The van der Waals surface area contributed by atoms with Crippen molar-refractivity contribution in [3.05, 3.63) is 23.2 Å². The summed E-state index contributed by atoms with van der Waals surface area (Å²) in [6.45, 7) is 0. The topological polar surface area (TPSA) is 55.4 Å². The first-order chi connectivity index (χ1) is 8.91. The number of hydrogen-bond donors (Lipinski definition) is 1. The second-order valence-electron chi connectivity index (χ2n) is 4.90. The molecule has 6 heteroatoms. The third-order valence-corrected chi connectivity index (χ3v) is 5.48. The van der Waals surface area contributed by atoms with E-state index in [1.165, 1.54) is 6.26 Å². The van der Waals surface area contributed by atoms with Crippen LogP contribution in [0.1, 0.15) is 19.3 Å². The lowest BCUT2D eigenvalue weighted by atomic mass is 10.2. The van der Waals surface area contributed by atoms with Gasteiger partial charge in [0.15, 0.2) is 9.84 Å². The van der Waals surface area contributed by atoms with E-state index >= 15 is 0 Å². The van der Waals surface area contributed by atoms with Crippen molar-refractivity contribution in [2.75, 3.05) is 18.7 Å². The maximum Gasteiger partial charge on any atom is 0.152 e. The summed E-state index contributed by atoms with van der Waals surface area (Å²) in [5.41, 5.74) is 0.835. The SMILES string of the molecule is COc1cc(NC2CCCC2S(C)(=O)=O)ccc1Cl. The zero-order valence-corrected chi connectivity index (χ0v) is 12.6. The maximum absolute atomic E-state index is 11.7. The molecule has 1 N–H and O–H groups in total. The van der Waals surface area contributed by atoms with Crippen LogP contribution in [-0.4, -0.2) is 33.1 Å². The third-order valence-electron chi connectivity index (χ3n) is 3.51. The summed E-state index contributed by atoms with van der Waals surface area (Å²) in [6.07, 6.45) is 3.82. The monoisotopic (exact) mass is 303 g/mol. The molecule has 0 spiro atoms. The number of nitrogens with one attached hydrogen (secondary N) is 1. The van der Waals surface area contributed by atoms with Crippen molar-refractivity contribution in [3.8, 4) is 5.75 Å². The Bertz CT molecular complexity index is 559. The molecule has 1 fully saturated rings. The smallest absolute Gasteiger partial charge is 0.152 e. The zero-order valence-electron chi connectivity index (χ0n) is 11.0. The molecule has 0 bridgehead atoms. The Morgan fingerprint density at radius 2 is 2.11 bits per heavy atom. The summed E-state index contributed by atoms with van der Waals surface area (Å²) < 4.78 is 28.6. The molecule has 0 saturated heterocycles. The Morgan fingerprint density at radius 3 is 2.74 bits per heavy atom. The second kappa shape index (κ2) is 5.59. The minimum atomic E-state index is -3.02. The molecule has 2 atom stereocenters. The molecule has 19 heavy (non-hydrogen) atoms. The first-order valence-electron chi connectivity index (χ1n) is 6.21. The predicted molar refractivity (Wildman–Crippen MR) is 77.9 cm³/mol. The van der Waals surface area contributed by atoms with Crippen molar-refractivity contribution >= 4 is 27.1 Å². The molecular formula is C13H18ClNO3S. The van der Waals surface area contributed by atoms with E-state index in [0.717, 1.165) is 24.9 Å². The number of hydrogen-bond acceptors (Lipinski definition) is 4. The minimum absolute atomic E-state index is 0.0409. The lowest BCUT2D eigenvalue weighted by Gasteiger charge is -2.21. The van der Waals surface area contributed by atoms with E-state index in [2.05, 4.69) is 5.32 Å². The molecule has 4 nitrogen and oxygen atoms in total. The molecule has 0 heterocycles. The summed E-state index contributed by atoms with van der Waals surface area (Å²) in [7, 11) is -1.46. The molecule has 0 aliphatic heterocycles. The van der Waals surface area contributed by atoms with Crippen molar-refractivity contribution in [2.45, 2.75) is 30.6 Å². The fourth-order valence-electron chi connectivity index (χ4n) is 2.57. The largest absolute Gasteiger partial charge is 0.495 e. The number of anilines is 1. The van der Waals surface area contributed by atoms with Gasteiger partial charge in [-0.3, -0.25) is 0 Å². The molecule has 1 aromatic carbocycles. The van der Waals surface area contributed by atoms with Crippen LogP contribution in [0.15, 0.2) is 18.2 Å². The lowest BCUT2D eigenvalue weighted by molar-refractivity contribution is 0.415. The van der Waals surface area contributed by atoms with Crippen LogP contribution < -0.4 is 10.1 Å². The highest BCUT2D eigenvalue weighted by molar-refractivity contribution is 7.91. The van der Waals surface area contributed by atoms with E-state index in [4.69, 9.17) is 16.3 Å². The average Bonchev–Trinajstić information content (AvgIpc) is 2.79. The van der Waals surface area contributed by atoms with E-state index in [1.807, 2.05) is 6.07 Å². The van der Waals surface area contributed by atoms with Crippen LogP contribution >= 0.6 is 11.6 Å². The molecule has 1 saturated carbocycles. The van der Waals surface area contributed by atoms with E-state index < -0.39 is 9.84 Å². The maximum atomic E-state index is 11.7. The van der Waals surface area contributed by atoms with Gasteiger partial charge in [0.1, 0.15) is 5.75 Å². The summed E-state index contributed by atoms with van der Waals surface area (Å²) in [4.78, 5) is 0. The summed E-state index contributed by atoms with van der Waals surface area (Å²) in [5.74, 6) is 0.584. The predicted octanol–water partition coefficient (Wildman–Crippen LogP) is 2.73. The van der Waals surface area contributed by atoms with Gasteiger partial charge in [0, 0.05) is 24.1 Å². The molecule has 1 aromatic rings. The molecule has 1 aliphatic carbocycles. The van der Waals surface area contributed by atoms with Crippen molar-refractivity contribution in [3.63, 3.8) is 0 Å². The molecule has 1 aliphatic rings. The molecular weight excluding hydrogens is 286 g/mol. The Kier molecular flexibility index (Phi) is 4.26. The van der Waals surface area contributed by atoms with Crippen LogP contribution in [0.3, 0.4) is 0 Å². The van der Waals surface area contributed by atoms with Crippen LogP contribution in [-0.2, 0) is 9.84 Å². The molecule has 106 valence electrons. The van der Waals surface area contributed by atoms with Gasteiger partial charge in [0.05, 0.1) is 17.4 Å². The zero-order chi connectivity index (χ0) is 14.0. The molecule has 2 unspecified atom stereocenters. The summed E-state index contributed by atoms with van der Waals surface area (Å²) in [6, 6.07) is 5.33. The molecule has 0 amide bonds. The van der Waals surface area contributed by atoms with Crippen LogP contribution in [0.2, 0.25) is 5.02 Å². The van der Waals surface area contributed by atoms with Gasteiger partial charge in [-0.1, -0.05) is 11.6 Å². The Morgan fingerprint density at radius 1 is 1.37 bits per heavy atom. The molecule has 0 aromatic heterocycles. The number of ether oxygens (including phenoxy) is 1. The van der Waals surface area contributed by atoms with E-state index in [1.54, 1.807) is 19.2 Å². The minimum Gasteiger partial charge on any atom is -0.495 e.